The second-order valence-corrected chi connectivity index (χ2v) is 6.18. The maximum atomic E-state index is 10.7. The Morgan fingerprint density at radius 1 is 0.773 bits per heavy atom. The van der Waals surface area contributed by atoms with Crippen molar-refractivity contribution in [3.05, 3.63) is 0 Å². The maximum absolute atomic E-state index is 10.7. The van der Waals surface area contributed by atoms with E-state index in [2.05, 4.69) is 6.92 Å². The SMILES string of the molecule is CCCCCCCCCCCCCCCN(C)OC(C)=O.[NaH]. The molecule has 4 heteroatoms. The summed E-state index contributed by atoms with van der Waals surface area (Å²) in [4.78, 5) is 15.7. The third-order valence-corrected chi connectivity index (χ3v) is 3.86. The number of carbonyl (C=O) groups excluding carboxylic acids is 1. The van der Waals surface area contributed by atoms with Gasteiger partial charge in [0.25, 0.3) is 0 Å². The standard InChI is InChI=1S/C18H37NO2.Na.H/c1-4-5-6-7-8-9-10-11-12-13-14-15-16-17-19(3)21-18(2)20;;/h4-17H2,1-3H3;;. The van der Waals surface area contributed by atoms with Crippen LogP contribution in [-0.2, 0) is 9.63 Å². The first-order valence-corrected chi connectivity index (χ1v) is 9.06. The summed E-state index contributed by atoms with van der Waals surface area (Å²) < 4.78 is 0. The number of hydroxylamine groups is 2. The molecule has 0 aromatic heterocycles. The molecule has 0 aliphatic carbocycles. The molecule has 0 unspecified atom stereocenters. The van der Waals surface area contributed by atoms with Crippen molar-refractivity contribution in [2.24, 2.45) is 0 Å². The van der Waals surface area contributed by atoms with Crippen LogP contribution in [0.4, 0.5) is 0 Å². The molecule has 0 spiro atoms. The van der Waals surface area contributed by atoms with E-state index in [9.17, 15) is 4.79 Å². The molecule has 0 N–H and O–H groups in total. The monoisotopic (exact) mass is 323 g/mol. The minimum absolute atomic E-state index is 0. The van der Waals surface area contributed by atoms with E-state index >= 15 is 0 Å². The molecule has 22 heavy (non-hydrogen) atoms. The van der Waals surface area contributed by atoms with Gasteiger partial charge < -0.3 is 4.84 Å². The van der Waals surface area contributed by atoms with Gasteiger partial charge in [-0.25, -0.2) is 0 Å². The van der Waals surface area contributed by atoms with Crippen molar-refractivity contribution in [3.8, 4) is 0 Å². The van der Waals surface area contributed by atoms with Gasteiger partial charge in [-0.05, 0) is 6.42 Å². The molecular weight excluding hydrogens is 285 g/mol. The molecule has 0 aliphatic rings. The number of carbonyl (C=O) groups is 1. The minimum atomic E-state index is -0.229. The van der Waals surface area contributed by atoms with Gasteiger partial charge in [0.15, 0.2) is 0 Å². The van der Waals surface area contributed by atoms with E-state index in [1.165, 1.54) is 84.0 Å². The third kappa shape index (κ3) is 20.4. The molecule has 3 nitrogen and oxygen atoms in total. The normalized spacial score (nSPS) is 10.5. The van der Waals surface area contributed by atoms with Gasteiger partial charge in [-0.15, -0.1) is 5.06 Å². The summed E-state index contributed by atoms with van der Waals surface area (Å²) in [6.45, 7) is 4.56. The molecule has 0 amide bonds. The van der Waals surface area contributed by atoms with Crippen molar-refractivity contribution in [2.45, 2.75) is 97.3 Å². The van der Waals surface area contributed by atoms with Crippen molar-refractivity contribution in [1.82, 2.24) is 5.06 Å². The predicted molar refractivity (Wildman–Crippen MR) is 97.2 cm³/mol. The van der Waals surface area contributed by atoms with Crippen molar-refractivity contribution < 1.29 is 9.63 Å². The Morgan fingerprint density at radius 3 is 1.50 bits per heavy atom. The van der Waals surface area contributed by atoms with Crippen LogP contribution < -0.4 is 0 Å². The van der Waals surface area contributed by atoms with E-state index in [0.717, 1.165) is 13.0 Å². The fourth-order valence-corrected chi connectivity index (χ4v) is 2.62. The molecule has 0 atom stereocenters. The first-order chi connectivity index (χ1) is 10.2. The van der Waals surface area contributed by atoms with Crippen molar-refractivity contribution in [2.75, 3.05) is 13.6 Å². The van der Waals surface area contributed by atoms with Crippen LogP contribution in [0.1, 0.15) is 97.3 Å². The Balaban J connectivity index is 0. The zero-order valence-electron chi connectivity index (χ0n) is 14.7. The van der Waals surface area contributed by atoms with E-state index in [4.69, 9.17) is 4.84 Å². The molecule has 0 heterocycles. The van der Waals surface area contributed by atoms with Crippen LogP contribution in [0.3, 0.4) is 0 Å². The van der Waals surface area contributed by atoms with Gasteiger partial charge in [-0.3, -0.25) is 4.79 Å². The number of hydrogen-bond donors (Lipinski definition) is 0. The van der Waals surface area contributed by atoms with Gasteiger partial charge in [0.05, 0.1) is 0 Å². The van der Waals surface area contributed by atoms with Gasteiger partial charge in [0.1, 0.15) is 0 Å². The summed E-state index contributed by atoms with van der Waals surface area (Å²) in [5, 5.41) is 1.64. The van der Waals surface area contributed by atoms with Gasteiger partial charge in [0.2, 0.25) is 0 Å². The van der Waals surface area contributed by atoms with Gasteiger partial charge in [0, 0.05) is 20.5 Å². The van der Waals surface area contributed by atoms with Crippen LogP contribution in [0.25, 0.3) is 0 Å². The van der Waals surface area contributed by atoms with E-state index in [1.54, 1.807) is 5.06 Å². The topological polar surface area (TPSA) is 29.5 Å². The van der Waals surface area contributed by atoms with Crippen LogP contribution in [0.5, 0.6) is 0 Å². The summed E-state index contributed by atoms with van der Waals surface area (Å²) in [5.74, 6) is -0.229. The Hall–Kier alpha value is 0.430. The number of rotatable bonds is 15. The van der Waals surface area contributed by atoms with Crippen LogP contribution in [0, 0.1) is 0 Å². The van der Waals surface area contributed by atoms with Crippen molar-refractivity contribution in [3.63, 3.8) is 0 Å². The van der Waals surface area contributed by atoms with Crippen LogP contribution in [0.15, 0.2) is 0 Å². The Bertz CT molecular complexity index is 237. The van der Waals surface area contributed by atoms with Gasteiger partial charge >= 0.3 is 35.5 Å². The average molecular weight is 323 g/mol. The summed E-state index contributed by atoms with van der Waals surface area (Å²) in [7, 11) is 1.82. The molecule has 0 aromatic carbocycles. The zero-order chi connectivity index (χ0) is 15.8. The van der Waals surface area contributed by atoms with Crippen molar-refractivity contribution >= 4 is 35.5 Å². The van der Waals surface area contributed by atoms with Crippen LogP contribution >= 0.6 is 0 Å². The molecule has 0 rings (SSSR count). The fourth-order valence-electron chi connectivity index (χ4n) is 2.62. The quantitative estimate of drug-likeness (QED) is 0.245. The Labute approximate surface area is 160 Å². The molecule has 0 fully saturated rings. The van der Waals surface area contributed by atoms with Crippen LogP contribution in [-0.4, -0.2) is 54.2 Å². The summed E-state index contributed by atoms with van der Waals surface area (Å²) >= 11 is 0. The Morgan fingerprint density at radius 2 is 1.14 bits per heavy atom. The third-order valence-electron chi connectivity index (χ3n) is 3.86. The number of nitrogens with zero attached hydrogens (tertiary/aromatic N) is 1. The predicted octanol–water partition coefficient (Wildman–Crippen LogP) is 4.84. The second-order valence-electron chi connectivity index (χ2n) is 6.18. The molecule has 0 aromatic rings. The molecule has 0 bridgehead atoms. The fraction of sp³-hybridized carbons (Fsp3) is 0.944. The zero-order valence-corrected chi connectivity index (χ0v) is 14.7. The first-order valence-electron chi connectivity index (χ1n) is 9.06. The van der Waals surface area contributed by atoms with Gasteiger partial charge in [-0.2, -0.15) is 0 Å². The summed E-state index contributed by atoms with van der Waals surface area (Å²) in [5.41, 5.74) is 0. The van der Waals surface area contributed by atoms with Crippen molar-refractivity contribution in [1.29, 1.82) is 0 Å². The van der Waals surface area contributed by atoms with E-state index in [1.807, 2.05) is 7.05 Å². The molecule has 0 saturated carbocycles. The molecular formula is C18H38NNaO2. The van der Waals surface area contributed by atoms with Crippen LogP contribution in [0.2, 0.25) is 0 Å². The molecule has 128 valence electrons. The molecule has 0 aliphatic heterocycles. The van der Waals surface area contributed by atoms with E-state index < -0.39 is 0 Å². The molecule has 0 radical (unpaired) electrons. The average Bonchev–Trinajstić information content (AvgIpc) is 2.43. The summed E-state index contributed by atoms with van der Waals surface area (Å²) in [6, 6.07) is 0. The molecule has 0 saturated heterocycles. The summed E-state index contributed by atoms with van der Waals surface area (Å²) in [6.07, 6.45) is 17.7. The Kier molecular flexibility index (Phi) is 21.8. The first kappa shape index (κ1) is 24.7. The van der Waals surface area contributed by atoms with E-state index in [0.29, 0.717) is 0 Å². The number of unbranched alkanes of at least 4 members (excludes halogenated alkanes) is 12. The van der Waals surface area contributed by atoms with E-state index in [-0.39, 0.29) is 35.5 Å². The second kappa shape index (κ2) is 19.5. The van der Waals surface area contributed by atoms with Gasteiger partial charge in [-0.1, -0.05) is 84.0 Å². The number of hydrogen-bond acceptors (Lipinski definition) is 3.